The highest BCUT2D eigenvalue weighted by molar-refractivity contribution is 5.16. The van der Waals surface area contributed by atoms with E-state index < -0.39 is 0 Å². The predicted molar refractivity (Wildman–Crippen MR) is 42.0 cm³/mol. The van der Waals surface area contributed by atoms with Crippen LogP contribution in [0.25, 0.3) is 0 Å². The molecular formula is C9H9NO. The van der Waals surface area contributed by atoms with E-state index in [0.717, 1.165) is 5.69 Å². The largest absolute Gasteiger partial charge is 0.358 e. The molecule has 1 saturated heterocycles. The summed E-state index contributed by atoms with van der Waals surface area (Å²) in [6, 6.07) is 5.83. The molecule has 0 N–H and O–H groups in total. The second-order valence-electron chi connectivity index (χ2n) is 2.51. The van der Waals surface area contributed by atoms with Crippen LogP contribution in [-0.4, -0.2) is 11.1 Å². The van der Waals surface area contributed by atoms with Gasteiger partial charge in [-0.3, -0.25) is 4.98 Å². The van der Waals surface area contributed by atoms with E-state index in [-0.39, 0.29) is 12.2 Å². The minimum atomic E-state index is 0.161. The highest BCUT2D eigenvalue weighted by Gasteiger charge is 2.38. The average molecular weight is 147 g/mol. The first kappa shape index (κ1) is 6.55. The molecule has 0 bridgehead atoms. The molecule has 56 valence electrons. The summed E-state index contributed by atoms with van der Waals surface area (Å²) in [7, 11) is 0. The van der Waals surface area contributed by atoms with Crippen LogP contribution in [0.5, 0.6) is 0 Å². The Kier molecular flexibility index (Phi) is 1.47. The van der Waals surface area contributed by atoms with E-state index in [1.165, 1.54) is 0 Å². The van der Waals surface area contributed by atoms with Crippen molar-refractivity contribution in [2.45, 2.75) is 12.2 Å². The van der Waals surface area contributed by atoms with Crippen LogP contribution in [0.15, 0.2) is 37.1 Å². The summed E-state index contributed by atoms with van der Waals surface area (Å²) >= 11 is 0. The molecule has 0 radical (unpaired) electrons. The Morgan fingerprint density at radius 2 is 2.45 bits per heavy atom. The molecule has 1 aromatic heterocycles. The zero-order chi connectivity index (χ0) is 7.68. The number of epoxide rings is 1. The Hall–Kier alpha value is -1.15. The van der Waals surface area contributed by atoms with Gasteiger partial charge in [-0.15, -0.1) is 6.58 Å². The molecule has 0 spiro atoms. The number of aromatic nitrogens is 1. The van der Waals surface area contributed by atoms with Gasteiger partial charge in [-0.1, -0.05) is 12.1 Å². The second kappa shape index (κ2) is 2.47. The van der Waals surface area contributed by atoms with E-state index in [1.807, 2.05) is 18.2 Å². The van der Waals surface area contributed by atoms with Crippen LogP contribution in [0.1, 0.15) is 11.8 Å². The number of ether oxygens (including phenoxy) is 1. The van der Waals surface area contributed by atoms with Gasteiger partial charge in [-0.25, -0.2) is 0 Å². The van der Waals surface area contributed by atoms with Gasteiger partial charge in [-0.2, -0.15) is 0 Å². The third-order valence-corrected chi connectivity index (χ3v) is 1.74. The molecular weight excluding hydrogens is 138 g/mol. The van der Waals surface area contributed by atoms with E-state index in [0.29, 0.717) is 0 Å². The van der Waals surface area contributed by atoms with Crippen LogP contribution in [0.3, 0.4) is 0 Å². The van der Waals surface area contributed by atoms with Crippen molar-refractivity contribution in [3.63, 3.8) is 0 Å². The molecule has 0 amide bonds. The van der Waals surface area contributed by atoms with Gasteiger partial charge in [-0.05, 0) is 12.1 Å². The Bertz CT molecular complexity index is 258. The molecule has 1 aromatic rings. The summed E-state index contributed by atoms with van der Waals surface area (Å²) < 4.78 is 5.27. The monoisotopic (exact) mass is 147 g/mol. The van der Waals surface area contributed by atoms with Gasteiger partial charge in [0.25, 0.3) is 0 Å². The standard InChI is InChI=1S/C9H9NO/c1-2-8-9(11-8)7-5-3-4-6-10-7/h2-6,8-9H,1H2. The van der Waals surface area contributed by atoms with E-state index >= 15 is 0 Å². The van der Waals surface area contributed by atoms with Gasteiger partial charge in [0.1, 0.15) is 12.2 Å². The van der Waals surface area contributed by atoms with Gasteiger partial charge in [0.15, 0.2) is 0 Å². The zero-order valence-electron chi connectivity index (χ0n) is 6.10. The normalized spacial score (nSPS) is 28.0. The Morgan fingerprint density at radius 1 is 1.55 bits per heavy atom. The fourth-order valence-electron chi connectivity index (χ4n) is 1.09. The highest BCUT2D eigenvalue weighted by Crippen LogP contribution is 2.37. The van der Waals surface area contributed by atoms with Crippen LogP contribution in [-0.2, 0) is 4.74 Å². The molecule has 2 unspecified atom stereocenters. The smallest absolute Gasteiger partial charge is 0.130 e. The maximum Gasteiger partial charge on any atom is 0.130 e. The molecule has 2 nitrogen and oxygen atoms in total. The molecule has 2 heterocycles. The minimum absolute atomic E-state index is 0.161. The molecule has 11 heavy (non-hydrogen) atoms. The predicted octanol–water partition coefficient (Wildman–Crippen LogP) is 1.71. The first-order chi connectivity index (χ1) is 5.42. The van der Waals surface area contributed by atoms with Crippen molar-refractivity contribution in [3.05, 3.63) is 42.7 Å². The van der Waals surface area contributed by atoms with Crippen LogP contribution < -0.4 is 0 Å². The Labute approximate surface area is 65.5 Å². The summed E-state index contributed by atoms with van der Waals surface area (Å²) in [6.07, 6.45) is 3.93. The van der Waals surface area contributed by atoms with Crippen molar-refractivity contribution in [1.82, 2.24) is 4.98 Å². The van der Waals surface area contributed by atoms with Crippen LogP contribution >= 0.6 is 0 Å². The number of pyridine rings is 1. The minimum Gasteiger partial charge on any atom is -0.358 e. The van der Waals surface area contributed by atoms with Crippen molar-refractivity contribution >= 4 is 0 Å². The Morgan fingerprint density at radius 3 is 3.00 bits per heavy atom. The van der Waals surface area contributed by atoms with Gasteiger partial charge in [0.2, 0.25) is 0 Å². The topological polar surface area (TPSA) is 25.4 Å². The maximum atomic E-state index is 5.27. The van der Waals surface area contributed by atoms with Crippen LogP contribution in [0.4, 0.5) is 0 Å². The molecule has 1 aliphatic heterocycles. The first-order valence-corrected chi connectivity index (χ1v) is 3.61. The number of nitrogens with zero attached hydrogens (tertiary/aromatic N) is 1. The van der Waals surface area contributed by atoms with E-state index in [4.69, 9.17) is 4.74 Å². The molecule has 0 aromatic carbocycles. The molecule has 0 saturated carbocycles. The van der Waals surface area contributed by atoms with E-state index in [1.54, 1.807) is 12.3 Å². The summed E-state index contributed by atoms with van der Waals surface area (Å²) in [5.41, 5.74) is 0.998. The van der Waals surface area contributed by atoms with Crippen molar-refractivity contribution in [2.24, 2.45) is 0 Å². The number of hydrogen-bond donors (Lipinski definition) is 0. The van der Waals surface area contributed by atoms with Crippen LogP contribution in [0.2, 0.25) is 0 Å². The average Bonchev–Trinajstić information content (AvgIpc) is 2.85. The quantitative estimate of drug-likeness (QED) is 0.470. The van der Waals surface area contributed by atoms with Crippen molar-refractivity contribution in [1.29, 1.82) is 0 Å². The third kappa shape index (κ3) is 1.17. The lowest BCUT2D eigenvalue weighted by Crippen LogP contribution is -1.86. The van der Waals surface area contributed by atoms with Gasteiger partial charge in [0, 0.05) is 6.20 Å². The van der Waals surface area contributed by atoms with Gasteiger partial charge in [0.05, 0.1) is 5.69 Å². The number of rotatable bonds is 2. The van der Waals surface area contributed by atoms with E-state index in [9.17, 15) is 0 Å². The lowest BCUT2D eigenvalue weighted by molar-refractivity contribution is 0.391. The first-order valence-electron chi connectivity index (χ1n) is 3.61. The molecule has 2 atom stereocenters. The molecule has 1 fully saturated rings. The van der Waals surface area contributed by atoms with Gasteiger partial charge >= 0.3 is 0 Å². The molecule has 0 aliphatic carbocycles. The van der Waals surface area contributed by atoms with Crippen molar-refractivity contribution in [2.75, 3.05) is 0 Å². The molecule has 2 rings (SSSR count). The Balaban J connectivity index is 2.14. The summed E-state index contributed by atoms with van der Waals surface area (Å²) in [6.45, 7) is 3.65. The molecule has 2 heteroatoms. The summed E-state index contributed by atoms with van der Waals surface area (Å²) in [5.74, 6) is 0. The lowest BCUT2D eigenvalue weighted by Gasteiger charge is -1.90. The van der Waals surface area contributed by atoms with E-state index in [2.05, 4.69) is 11.6 Å². The lowest BCUT2D eigenvalue weighted by atomic mass is 10.2. The zero-order valence-corrected chi connectivity index (χ0v) is 6.10. The number of hydrogen-bond acceptors (Lipinski definition) is 2. The summed E-state index contributed by atoms with van der Waals surface area (Å²) in [4.78, 5) is 4.17. The fraction of sp³-hybridized carbons (Fsp3) is 0.222. The highest BCUT2D eigenvalue weighted by atomic mass is 16.6. The van der Waals surface area contributed by atoms with Crippen LogP contribution in [0, 0.1) is 0 Å². The SMILES string of the molecule is C=CC1OC1c1ccccn1. The van der Waals surface area contributed by atoms with Crippen molar-refractivity contribution in [3.8, 4) is 0 Å². The summed E-state index contributed by atoms with van der Waals surface area (Å²) in [5, 5.41) is 0. The third-order valence-electron chi connectivity index (χ3n) is 1.74. The molecule has 1 aliphatic rings. The maximum absolute atomic E-state index is 5.27. The second-order valence-corrected chi connectivity index (χ2v) is 2.51. The van der Waals surface area contributed by atoms with Crippen molar-refractivity contribution < 1.29 is 4.74 Å². The fourth-order valence-corrected chi connectivity index (χ4v) is 1.09. The van der Waals surface area contributed by atoms with Gasteiger partial charge < -0.3 is 4.74 Å².